The lowest BCUT2D eigenvalue weighted by atomic mass is 10.0. The summed E-state index contributed by atoms with van der Waals surface area (Å²) >= 11 is 0. The van der Waals surface area contributed by atoms with Crippen LogP contribution in [0.4, 0.5) is 0 Å². The van der Waals surface area contributed by atoms with Crippen LogP contribution in [-0.2, 0) is 0 Å². The van der Waals surface area contributed by atoms with Gasteiger partial charge < -0.3 is 4.90 Å². The maximum Gasteiger partial charge on any atom is -0.00187 e. The van der Waals surface area contributed by atoms with E-state index < -0.39 is 0 Å². The molecular weight excluding hydrogens is 494 g/mol. The zero-order valence-electron chi connectivity index (χ0n) is 29.6. The molecule has 0 aromatic rings. The highest BCUT2D eigenvalue weighted by molar-refractivity contribution is 4.61. The Labute approximate surface area is 263 Å². The van der Waals surface area contributed by atoms with Crippen molar-refractivity contribution < 1.29 is 0 Å². The van der Waals surface area contributed by atoms with Crippen molar-refractivity contribution in [2.75, 3.05) is 19.6 Å². The van der Waals surface area contributed by atoms with Gasteiger partial charge in [0.1, 0.15) is 0 Å². The standard InChI is InChI=1S/C40H83N/c1-4-7-10-13-16-19-22-24-27-30-33-36-39-41(38-35-32-29-26-21-18-15-12-9-6-3)40-37-34-31-28-25-23-20-17-14-11-8-5-2/h4-40H2,1-3H3. The molecule has 1 heteroatoms. The molecule has 0 heterocycles. The molecule has 0 saturated heterocycles. The summed E-state index contributed by atoms with van der Waals surface area (Å²) in [5.41, 5.74) is 0. The van der Waals surface area contributed by atoms with Gasteiger partial charge in [-0.3, -0.25) is 0 Å². The van der Waals surface area contributed by atoms with Gasteiger partial charge in [0.05, 0.1) is 0 Å². The third kappa shape index (κ3) is 36.1. The third-order valence-corrected chi connectivity index (χ3v) is 9.48. The van der Waals surface area contributed by atoms with Crippen LogP contribution >= 0.6 is 0 Å². The smallest absolute Gasteiger partial charge is 0.00187 e. The fourth-order valence-electron chi connectivity index (χ4n) is 6.51. The molecule has 0 aliphatic rings. The Morgan fingerprint density at radius 2 is 0.341 bits per heavy atom. The van der Waals surface area contributed by atoms with Crippen LogP contribution in [0.1, 0.15) is 239 Å². The number of unbranched alkanes of at least 4 members (excludes halogenated alkanes) is 31. The summed E-state index contributed by atoms with van der Waals surface area (Å²) in [7, 11) is 0. The molecule has 0 amide bonds. The van der Waals surface area contributed by atoms with Crippen LogP contribution in [0, 0.1) is 0 Å². The summed E-state index contributed by atoms with van der Waals surface area (Å²) in [6.07, 6.45) is 49.6. The highest BCUT2D eigenvalue weighted by Crippen LogP contribution is 2.15. The molecule has 0 aromatic heterocycles. The van der Waals surface area contributed by atoms with Crippen LogP contribution in [0.5, 0.6) is 0 Å². The van der Waals surface area contributed by atoms with E-state index in [2.05, 4.69) is 25.7 Å². The predicted octanol–water partition coefficient (Wildman–Crippen LogP) is 14.6. The topological polar surface area (TPSA) is 3.24 Å². The predicted molar refractivity (Wildman–Crippen MR) is 190 cm³/mol. The van der Waals surface area contributed by atoms with Crippen LogP contribution < -0.4 is 0 Å². The Hall–Kier alpha value is -0.0400. The number of rotatable bonds is 37. The Kier molecular flexibility index (Phi) is 37.9. The second-order valence-corrected chi connectivity index (χ2v) is 13.8. The van der Waals surface area contributed by atoms with Gasteiger partial charge in [0, 0.05) is 0 Å². The van der Waals surface area contributed by atoms with Gasteiger partial charge in [0.25, 0.3) is 0 Å². The minimum atomic E-state index is 1.37. The summed E-state index contributed by atoms with van der Waals surface area (Å²) < 4.78 is 0. The van der Waals surface area contributed by atoms with Crippen LogP contribution in [0.2, 0.25) is 0 Å². The van der Waals surface area contributed by atoms with Gasteiger partial charge in [-0.15, -0.1) is 0 Å². The largest absolute Gasteiger partial charge is 0.303 e. The Morgan fingerprint density at radius 3 is 0.512 bits per heavy atom. The molecule has 248 valence electrons. The lowest BCUT2D eigenvalue weighted by molar-refractivity contribution is 0.254. The van der Waals surface area contributed by atoms with Crippen molar-refractivity contribution in [2.24, 2.45) is 0 Å². The molecule has 0 aliphatic carbocycles. The molecule has 0 aliphatic heterocycles. The van der Waals surface area contributed by atoms with E-state index in [9.17, 15) is 0 Å². The second-order valence-electron chi connectivity index (χ2n) is 13.8. The SMILES string of the molecule is CCCCCCCCCCCCCCN(CCCCCCCCCCCC)CCCCCCCCCCCCCC. The Balaban J connectivity index is 3.88. The molecule has 0 rings (SSSR count). The van der Waals surface area contributed by atoms with Gasteiger partial charge in [0.2, 0.25) is 0 Å². The first kappa shape index (κ1) is 41.0. The molecule has 0 aromatic carbocycles. The van der Waals surface area contributed by atoms with Crippen LogP contribution in [0.3, 0.4) is 0 Å². The van der Waals surface area contributed by atoms with E-state index in [-0.39, 0.29) is 0 Å². The highest BCUT2D eigenvalue weighted by atomic mass is 15.1. The number of hydrogen-bond donors (Lipinski definition) is 0. The van der Waals surface area contributed by atoms with E-state index in [1.807, 2.05) is 0 Å². The molecule has 0 bridgehead atoms. The van der Waals surface area contributed by atoms with E-state index in [1.54, 1.807) is 0 Å². The van der Waals surface area contributed by atoms with Crippen molar-refractivity contribution in [1.82, 2.24) is 4.90 Å². The van der Waals surface area contributed by atoms with Crippen LogP contribution in [-0.4, -0.2) is 24.5 Å². The minimum absolute atomic E-state index is 1.37. The molecule has 0 unspecified atom stereocenters. The van der Waals surface area contributed by atoms with Gasteiger partial charge in [0.15, 0.2) is 0 Å². The first-order chi connectivity index (χ1) is 20.3. The van der Waals surface area contributed by atoms with Crippen molar-refractivity contribution in [1.29, 1.82) is 0 Å². The van der Waals surface area contributed by atoms with Crippen LogP contribution in [0.15, 0.2) is 0 Å². The van der Waals surface area contributed by atoms with Gasteiger partial charge in [-0.1, -0.05) is 220 Å². The monoisotopic (exact) mass is 578 g/mol. The van der Waals surface area contributed by atoms with E-state index in [1.165, 1.54) is 238 Å². The summed E-state index contributed by atoms with van der Waals surface area (Å²) in [4.78, 5) is 2.86. The van der Waals surface area contributed by atoms with Gasteiger partial charge in [-0.05, 0) is 38.9 Å². The third-order valence-electron chi connectivity index (χ3n) is 9.48. The van der Waals surface area contributed by atoms with Crippen molar-refractivity contribution in [3.8, 4) is 0 Å². The van der Waals surface area contributed by atoms with Crippen LogP contribution in [0.25, 0.3) is 0 Å². The van der Waals surface area contributed by atoms with Gasteiger partial charge in [-0.2, -0.15) is 0 Å². The molecule has 0 N–H and O–H groups in total. The lowest BCUT2D eigenvalue weighted by Crippen LogP contribution is -2.27. The zero-order valence-corrected chi connectivity index (χ0v) is 29.6. The molecule has 0 radical (unpaired) electrons. The quantitative estimate of drug-likeness (QED) is 0.0664. The summed E-state index contributed by atoms with van der Waals surface area (Å²) in [5.74, 6) is 0. The van der Waals surface area contributed by atoms with E-state index in [4.69, 9.17) is 0 Å². The fourth-order valence-corrected chi connectivity index (χ4v) is 6.51. The maximum absolute atomic E-state index is 2.86. The number of nitrogens with zero attached hydrogens (tertiary/aromatic N) is 1. The van der Waals surface area contributed by atoms with Gasteiger partial charge >= 0.3 is 0 Å². The molecule has 0 saturated carbocycles. The van der Waals surface area contributed by atoms with Crippen molar-refractivity contribution >= 4 is 0 Å². The fraction of sp³-hybridized carbons (Fsp3) is 1.00. The van der Waals surface area contributed by atoms with E-state index in [0.717, 1.165) is 0 Å². The van der Waals surface area contributed by atoms with E-state index >= 15 is 0 Å². The first-order valence-electron chi connectivity index (χ1n) is 20.1. The Bertz CT molecular complexity index is 405. The average Bonchev–Trinajstić information content (AvgIpc) is 2.98. The number of hydrogen-bond acceptors (Lipinski definition) is 1. The maximum atomic E-state index is 2.86. The molecular formula is C40H83N. The molecule has 41 heavy (non-hydrogen) atoms. The van der Waals surface area contributed by atoms with Crippen molar-refractivity contribution in [2.45, 2.75) is 239 Å². The molecule has 0 atom stereocenters. The first-order valence-corrected chi connectivity index (χ1v) is 20.1. The van der Waals surface area contributed by atoms with Gasteiger partial charge in [-0.25, -0.2) is 0 Å². The normalized spacial score (nSPS) is 11.7. The summed E-state index contributed by atoms with van der Waals surface area (Å²) in [6, 6.07) is 0. The van der Waals surface area contributed by atoms with Crippen molar-refractivity contribution in [3.05, 3.63) is 0 Å². The van der Waals surface area contributed by atoms with E-state index in [0.29, 0.717) is 0 Å². The second kappa shape index (κ2) is 38.0. The van der Waals surface area contributed by atoms with Crippen molar-refractivity contribution in [3.63, 3.8) is 0 Å². The highest BCUT2D eigenvalue weighted by Gasteiger charge is 2.05. The molecule has 0 spiro atoms. The average molecular weight is 578 g/mol. The molecule has 1 nitrogen and oxygen atoms in total. The Morgan fingerprint density at radius 1 is 0.195 bits per heavy atom. The lowest BCUT2D eigenvalue weighted by Gasteiger charge is -2.22. The zero-order chi connectivity index (χ0) is 29.7. The summed E-state index contributed by atoms with van der Waals surface area (Å²) in [6.45, 7) is 11.1. The molecule has 0 fully saturated rings. The summed E-state index contributed by atoms with van der Waals surface area (Å²) in [5, 5.41) is 0. The minimum Gasteiger partial charge on any atom is -0.303 e.